The van der Waals surface area contributed by atoms with E-state index in [-0.39, 0.29) is 11.8 Å². The lowest BCUT2D eigenvalue weighted by Crippen LogP contribution is -2.39. The topological polar surface area (TPSA) is 72.2 Å². The molecule has 1 heterocycles. The van der Waals surface area contributed by atoms with Crippen LogP contribution in [0.4, 0.5) is 5.69 Å². The van der Waals surface area contributed by atoms with Crippen LogP contribution in [0, 0.1) is 0 Å². The molecule has 1 aliphatic rings. The predicted octanol–water partition coefficient (Wildman–Crippen LogP) is 1.34. The minimum absolute atomic E-state index is 0.0814. The summed E-state index contributed by atoms with van der Waals surface area (Å²) in [6.07, 6.45) is 0. The molecule has 2 rings (SSSR count). The molecule has 0 fully saturated rings. The molecule has 0 spiro atoms. The number of nitrogens with one attached hydrogen (secondary N) is 1. The van der Waals surface area contributed by atoms with Crippen LogP contribution < -0.4 is 11.1 Å². The molecular formula is C12H18N2O2S. The largest absolute Gasteiger partial charge is 0.379 e. The molecule has 4 nitrogen and oxygen atoms in total. The molecule has 1 unspecified atom stereocenters. The lowest BCUT2D eigenvalue weighted by molar-refractivity contribution is 0.585. The van der Waals surface area contributed by atoms with Crippen LogP contribution in [0.15, 0.2) is 23.1 Å². The van der Waals surface area contributed by atoms with Crippen molar-refractivity contribution in [3.63, 3.8) is 0 Å². The molecule has 0 aromatic heterocycles. The summed E-state index contributed by atoms with van der Waals surface area (Å²) in [5, 5.41) is 3.16. The number of sulfone groups is 1. The fourth-order valence-electron chi connectivity index (χ4n) is 2.02. The number of hydrogen-bond acceptors (Lipinski definition) is 4. The number of rotatable bonds is 2. The van der Waals surface area contributed by atoms with E-state index in [9.17, 15) is 8.42 Å². The van der Waals surface area contributed by atoms with Gasteiger partial charge in [0.15, 0.2) is 9.84 Å². The first-order valence-electron chi connectivity index (χ1n) is 5.77. The van der Waals surface area contributed by atoms with Crippen molar-refractivity contribution in [1.82, 2.24) is 0 Å². The summed E-state index contributed by atoms with van der Waals surface area (Å²) in [5.74, 6) is 0.403. The Balaban J connectivity index is 2.51. The van der Waals surface area contributed by atoms with Crippen molar-refractivity contribution < 1.29 is 8.42 Å². The third-order valence-electron chi connectivity index (χ3n) is 3.07. The molecule has 1 aromatic carbocycles. The van der Waals surface area contributed by atoms with Crippen LogP contribution in [-0.4, -0.2) is 26.8 Å². The monoisotopic (exact) mass is 254 g/mol. The molecule has 3 N–H and O–H groups in total. The highest BCUT2D eigenvalue weighted by Gasteiger charge is 2.29. The van der Waals surface area contributed by atoms with E-state index in [1.807, 2.05) is 26.0 Å². The van der Waals surface area contributed by atoms with Gasteiger partial charge in [-0.15, -0.1) is 0 Å². The average Bonchev–Trinajstić information content (AvgIpc) is 2.27. The summed E-state index contributed by atoms with van der Waals surface area (Å²) in [6, 6.07) is 5.39. The molecular weight excluding hydrogens is 236 g/mol. The predicted molar refractivity (Wildman–Crippen MR) is 69.0 cm³/mol. The van der Waals surface area contributed by atoms with Crippen LogP contribution in [0.2, 0.25) is 0 Å². The first-order chi connectivity index (χ1) is 7.94. The van der Waals surface area contributed by atoms with Crippen molar-refractivity contribution in [3.8, 4) is 0 Å². The molecule has 0 bridgehead atoms. The van der Waals surface area contributed by atoms with Gasteiger partial charge in [-0.05, 0) is 23.6 Å². The highest BCUT2D eigenvalue weighted by Crippen LogP contribution is 2.31. The maximum absolute atomic E-state index is 12.1. The lowest BCUT2D eigenvalue weighted by Gasteiger charge is -2.26. The van der Waals surface area contributed by atoms with Crippen LogP contribution in [0.3, 0.4) is 0 Å². The number of nitrogens with two attached hydrogens (primary N) is 1. The smallest absolute Gasteiger partial charge is 0.182 e. The zero-order valence-electron chi connectivity index (χ0n) is 10.1. The Morgan fingerprint density at radius 3 is 2.76 bits per heavy atom. The molecule has 0 radical (unpaired) electrons. The normalized spacial score (nSPS) is 22.0. The highest BCUT2D eigenvalue weighted by molar-refractivity contribution is 7.91. The van der Waals surface area contributed by atoms with Crippen LogP contribution in [0.5, 0.6) is 0 Å². The van der Waals surface area contributed by atoms with E-state index in [1.54, 1.807) is 6.07 Å². The van der Waals surface area contributed by atoms with Crippen LogP contribution in [-0.2, 0) is 9.84 Å². The van der Waals surface area contributed by atoms with Gasteiger partial charge in [0.2, 0.25) is 0 Å². The first kappa shape index (κ1) is 12.4. The van der Waals surface area contributed by atoms with Crippen molar-refractivity contribution in [3.05, 3.63) is 23.8 Å². The average molecular weight is 254 g/mol. The van der Waals surface area contributed by atoms with Gasteiger partial charge in [0.1, 0.15) is 0 Å². The van der Waals surface area contributed by atoms with Gasteiger partial charge in [-0.1, -0.05) is 19.9 Å². The minimum atomic E-state index is -3.20. The number of anilines is 1. The van der Waals surface area contributed by atoms with Gasteiger partial charge in [-0.3, -0.25) is 0 Å². The van der Waals surface area contributed by atoms with Gasteiger partial charge in [0.25, 0.3) is 0 Å². The molecule has 17 heavy (non-hydrogen) atoms. The molecule has 1 atom stereocenters. The summed E-state index contributed by atoms with van der Waals surface area (Å²) in [6.45, 7) is 4.42. The van der Waals surface area contributed by atoms with E-state index < -0.39 is 9.84 Å². The summed E-state index contributed by atoms with van der Waals surface area (Å²) >= 11 is 0. The van der Waals surface area contributed by atoms with E-state index >= 15 is 0 Å². The van der Waals surface area contributed by atoms with Gasteiger partial charge < -0.3 is 11.1 Å². The van der Waals surface area contributed by atoms with Crippen molar-refractivity contribution in [1.29, 1.82) is 0 Å². The van der Waals surface area contributed by atoms with Gasteiger partial charge in [0, 0.05) is 6.54 Å². The van der Waals surface area contributed by atoms with E-state index in [0.717, 1.165) is 5.56 Å². The summed E-state index contributed by atoms with van der Waals surface area (Å²) in [5.41, 5.74) is 7.25. The zero-order chi connectivity index (χ0) is 12.6. The molecule has 5 heteroatoms. The second kappa shape index (κ2) is 4.31. The summed E-state index contributed by atoms with van der Waals surface area (Å²) < 4.78 is 24.2. The van der Waals surface area contributed by atoms with Crippen molar-refractivity contribution >= 4 is 15.5 Å². The zero-order valence-corrected chi connectivity index (χ0v) is 10.9. The Morgan fingerprint density at radius 1 is 1.47 bits per heavy atom. The number of benzene rings is 1. The molecule has 94 valence electrons. The standard InChI is InChI=1S/C12H18N2O2S/c1-8(2)9-3-4-11-12(5-9)17(15,16)7-10(6-13)14-11/h3-5,8,10,14H,6-7,13H2,1-2H3. The molecule has 1 aliphatic heterocycles. The van der Waals surface area contributed by atoms with Gasteiger partial charge in [0.05, 0.1) is 22.4 Å². The van der Waals surface area contributed by atoms with Crippen LogP contribution in [0.25, 0.3) is 0 Å². The fraction of sp³-hybridized carbons (Fsp3) is 0.500. The fourth-order valence-corrected chi connectivity index (χ4v) is 3.72. The Labute approximate surface area is 102 Å². The van der Waals surface area contributed by atoms with E-state index in [4.69, 9.17) is 5.73 Å². The Kier molecular flexibility index (Phi) is 3.14. The summed E-state index contributed by atoms with van der Waals surface area (Å²) in [4.78, 5) is 0.411. The molecule has 1 aromatic rings. The second-order valence-corrected chi connectivity index (χ2v) is 6.77. The van der Waals surface area contributed by atoms with Gasteiger partial charge in [-0.25, -0.2) is 8.42 Å². The third-order valence-corrected chi connectivity index (χ3v) is 4.92. The SMILES string of the molecule is CC(C)c1ccc2c(c1)S(=O)(=O)CC(CN)N2. The second-order valence-electron chi connectivity index (χ2n) is 4.77. The number of fused-ring (bicyclic) bond motifs is 1. The minimum Gasteiger partial charge on any atom is -0.379 e. The Morgan fingerprint density at radius 2 is 2.18 bits per heavy atom. The van der Waals surface area contributed by atoms with E-state index in [1.165, 1.54) is 0 Å². The maximum Gasteiger partial charge on any atom is 0.182 e. The van der Waals surface area contributed by atoms with Crippen molar-refractivity contribution in [2.45, 2.75) is 30.7 Å². The quantitative estimate of drug-likeness (QED) is 0.835. The Bertz CT molecular complexity index is 523. The Hall–Kier alpha value is -1.07. The lowest BCUT2D eigenvalue weighted by atomic mass is 10.0. The molecule has 0 saturated heterocycles. The maximum atomic E-state index is 12.1. The van der Waals surface area contributed by atoms with Crippen LogP contribution >= 0.6 is 0 Å². The van der Waals surface area contributed by atoms with Crippen LogP contribution in [0.1, 0.15) is 25.3 Å². The number of hydrogen-bond donors (Lipinski definition) is 2. The van der Waals surface area contributed by atoms with Crippen molar-refractivity contribution in [2.24, 2.45) is 5.73 Å². The third kappa shape index (κ3) is 2.30. The van der Waals surface area contributed by atoms with Gasteiger partial charge >= 0.3 is 0 Å². The molecule has 0 aliphatic carbocycles. The highest BCUT2D eigenvalue weighted by atomic mass is 32.2. The first-order valence-corrected chi connectivity index (χ1v) is 7.42. The van der Waals surface area contributed by atoms with E-state index in [0.29, 0.717) is 23.0 Å². The summed E-state index contributed by atoms with van der Waals surface area (Å²) in [7, 11) is -3.20. The molecule has 0 saturated carbocycles. The molecule has 0 amide bonds. The van der Waals surface area contributed by atoms with Gasteiger partial charge in [-0.2, -0.15) is 0 Å². The van der Waals surface area contributed by atoms with Crippen molar-refractivity contribution in [2.75, 3.05) is 17.6 Å². The van der Waals surface area contributed by atoms with E-state index in [2.05, 4.69) is 5.32 Å².